The fraction of sp³-hybridized carbons (Fsp3) is 0.351. The molecule has 0 unspecified atom stereocenters. The summed E-state index contributed by atoms with van der Waals surface area (Å²) in [6.07, 6.45) is 4.60. The summed E-state index contributed by atoms with van der Waals surface area (Å²) in [4.78, 5) is 38.4. The molecule has 0 bridgehead atoms. The molecule has 0 spiro atoms. The van der Waals surface area contributed by atoms with Crippen molar-refractivity contribution in [3.05, 3.63) is 90.0 Å². The molecule has 2 aliphatic rings. The molecule has 1 aromatic heterocycles. The quantitative estimate of drug-likeness (QED) is 0.157. The summed E-state index contributed by atoms with van der Waals surface area (Å²) < 4.78 is 31.1. The maximum atomic E-state index is 13.6. The minimum absolute atomic E-state index is 0.0815. The van der Waals surface area contributed by atoms with Crippen molar-refractivity contribution in [3.63, 3.8) is 0 Å². The van der Waals surface area contributed by atoms with E-state index in [-0.39, 0.29) is 30.2 Å². The van der Waals surface area contributed by atoms with Crippen LogP contribution in [0.2, 0.25) is 5.02 Å². The van der Waals surface area contributed by atoms with Crippen molar-refractivity contribution in [2.75, 3.05) is 63.2 Å². The first-order chi connectivity index (χ1) is 24.3. The number of fused-ring (bicyclic) bond motifs is 1. The third-order valence-corrected chi connectivity index (χ3v) is 9.13. The van der Waals surface area contributed by atoms with Gasteiger partial charge in [-0.3, -0.25) is 14.5 Å². The van der Waals surface area contributed by atoms with E-state index in [1.807, 2.05) is 12.1 Å². The molecule has 2 amide bonds. The number of nitrogens with one attached hydrogen (secondary N) is 2. The summed E-state index contributed by atoms with van der Waals surface area (Å²) in [6.45, 7) is 9.16. The average molecular weight is 703 g/mol. The number of hydrogen-bond donors (Lipinski definition) is 2. The van der Waals surface area contributed by atoms with Gasteiger partial charge in [0.2, 0.25) is 11.8 Å². The molecule has 3 heterocycles. The van der Waals surface area contributed by atoms with Crippen molar-refractivity contribution in [2.45, 2.75) is 25.9 Å². The van der Waals surface area contributed by atoms with Crippen molar-refractivity contribution >= 4 is 51.5 Å². The van der Waals surface area contributed by atoms with Gasteiger partial charge >= 0.3 is 0 Å². The second-order valence-corrected chi connectivity index (χ2v) is 12.7. The number of nitrogens with zero attached hydrogens (tertiary/aromatic N) is 4. The van der Waals surface area contributed by atoms with Crippen LogP contribution in [-0.2, 0) is 20.9 Å². The minimum atomic E-state index is -0.331. The molecule has 0 aliphatic carbocycles. The van der Waals surface area contributed by atoms with E-state index >= 15 is 0 Å². The van der Waals surface area contributed by atoms with Gasteiger partial charge in [0.15, 0.2) is 0 Å². The van der Waals surface area contributed by atoms with E-state index in [0.29, 0.717) is 89.5 Å². The molecule has 0 radical (unpaired) electrons. The van der Waals surface area contributed by atoms with E-state index in [1.165, 1.54) is 24.5 Å². The van der Waals surface area contributed by atoms with Gasteiger partial charge in [-0.05, 0) is 66.8 Å². The van der Waals surface area contributed by atoms with Gasteiger partial charge in [-0.2, -0.15) is 0 Å². The van der Waals surface area contributed by atoms with E-state index in [9.17, 15) is 14.0 Å². The Balaban J connectivity index is 1.18. The highest BCUT2D eigenvalue weighted by Crippen LogP contribution is 2.35. The molecule has 2 N–H and O–H groups in total. The number of amides is 2. The topological polar surface area (TPSA) is 118 Å². The Labute approximate surface area is 295 Å². The van der Waals surface area contributed by atoms with Gasteiger partial charge in [0, 0.05) is 56.3 Å². The Morgan fingerprint density at radius 3 is 2.60 bits per heavy atom. The number of rotatable bonds is 13. The lowest BCUT2D eigenvalue weighted by molar-refractivity contribution is -0.127. The first-order valence-corrected chi connectivity index (χ1v) is 17.1. The molecular formula is C37H40ClFN6O5. The Bertz CT molecular complexity index is 1830. The molecule has 0 saturated carbocycles. The normalized spacial score (nSPS) is 15.4. The molecule has 3 aromatic carbocycles. The summed E-state index contributed by atoms with van der Waals surface area (Å²) >= 11 is 6.56. The number of anilines is 3. The molecule has 2 fully saturated rings. The molecule has 2 aliphatic heterocycles. The van der Waals surface area contributed by atoms with Crippen molar-refractivity contribution in [1.29, 1.82) is 0 Å². The van der Waals surface area contributed by atoms with Crippen LogP contribution < -0.4 is 20.1 Å². The minimum Gasteiger partial charge on any atom is -0.490 e. The maximum Gasteiger partial charge on any atom is 0.245 e. The predicted molar refractivity (Wildman–Crippen MR) is 191 cm³/mol. The molecule has 11 nitrogen and oxygen atoms in total. The molecule has 13 heteroatoms. The highest BCUT2D eigenvalue weighted by atomic mass is 35.5. The number of ether oxygens (including phenoxy) is 3. The Morgan fingerprint density at radius 2 is 1.84 bits per heavy atom. The van der Waals surface area contributed by atoms with Crippen molar-refractivity contribution in [1.82, 2.24) is 19.8 Å². The number of carbonyl (C=O) groups is 2. The van der Waals surface area contributed by atoms with Crippen molar-refractivity contribution < 1.29 is 28.2 Å². The monoisotopic (exact) mass is 702 g/mol. The summed E-state index contributed by atoms with van der Waals surface area (Å²) in [7, 11) is 0. The van der Waals surface area contributed by atoms with Gasteiger partial charge in [-0.25, -0.2) is 14.4 Å². The van der Waals surface area contributed by atoms with Crippen molar-refractivity contribution in [2.24, 2.45) is 5.92 Å². The number of carbonyl (C=O) groups excluding carboxylic acids is 2. The zero-order valence-corrected chi connectivity index (χ0v) is 28.5. The van der Waals surface area contributed by atoms with E-state index in [1.54, 1.807) is 35.2 Å². The number of aromatic nitrogens is 2. The average Bonchev–Trinajstić information content (AvgIpc) is 3.12. The van der Waals surface area contributed by atoms with Crippen LogP contribution in [0, 0.1) is 11.7 Å². The van der Waals surface area contributed by atoms with Crippen LogP contribution in [0.25, 0.3) is 10.9 Å². The van der Waals surface area contributed by atoms with Crippen LogP contribution in [0.1, 0.15) is 24.8 Å². The molecular weight excluding hydrogens is 663 g/mol. The fourth-order valence-corrected chi connectivity index (χ4v) is 6.32. The largest absolute Gasteiger partial charge is 0.490 e. The maximum absolute atomic E-state index is 13.6. The molecule has 2 saturated heterocycles. The van der Waals surface area contributed by atoms with Crippen LogP contribution in [0.5, 0.6) is 11.5 Å². The van der Waals surface area contributed by atoms with E-state index in [2.05, 4.69) is 32.1 Å². The van der Waals surface area contributed by atoms with E-state index in [0.717, 1.165) is 32.5 Å². The number of benzene rings is 3. The summed E-state index contributed by atoms with van der Waals surface area (Å²) in [5.74, 6) is 1.08. The third-order valence-electron chi connectivity index (χ3n) is 8.83. The molecule has 6 rings (SSSR count). The lowest BCUT2D eigenvalue weighted by atomic mass is 9.93. The lowest BCUT2D eigenvalue weighted by Gasteiger charge is -2.31. The number of morpholine rings is 1. The summed E-state index contributed by atoms with van der Waals surface area (Å²) in [5, 5.41) is 7.44. The number of piperidine rings is 1. The van der Waals surface area contributed by atoms with E-state index in [4.69, 9.17) is 25.8 Å². The number of likely N-dealkylation sites (tertiary alicyclic amines) is 1. The summed E-state index contributed by atoms with van der Waals surface area (Å²) in [6, 6.07) is 15.1. The Hall–Kier alpha value is -4.78. The first kappa shape index (κ1) is 35.1. The third kappa shape index (κ3) is 9.26. The smallest absolute Gasteiger partial charge is 0.245 e. The van der Waals surface area contributed by atoms with Crippen LogP contribution in [-0.4, -0.2) is 84.1 Å². The van der Waals surface area contributed by atoms with E-state index < -0.39 is 0 Å². The molecule has 262 valence electrons. The standard InChI is InChI=1S/C37H40ClFN6O5/c1-2-36(47)45-10-8-25(9-11-45)19-35(46)43-32-21-29-31(22-34(32)49-17-14-44-12-15-48-16-13-44)40-24-41-37(29)42-28-6-7-33(30(38)20-28)50-23-26-4-3-5-27(39)18-26/h2-7,18,20-22,24-25H,1,8-17,19,23H2,(H,43,46)(H,40,41,42). The van der Waals surface area contributed by atoms with Crippen molar-refractivity contribution in [3.8, 4) is 11.5 Å². The van der Waals surface area contributed by atoms with Gasteiger partial charge in [0.25, 0.3) is 0 Å². The molecule has 50 heavy (non-hydrogen) atoms. The highest BCUT2D eigenvalue weighted by molar-refractivity contribution is 6.32. The number of hydrogen-bond acceptors (Lipinski definition) is 9. The predicted octanol–water partition coefficient (Wildman–Crippen LogP) is 6.21. The van der Waals surface area contributed by atoms with Crippen LogP contribution in [0.4, 0.5) is 21.6 Å². The molecule has 4 aromatic rings. The number of halogens is 2. The zero-order valence-electron chi connectivity index (χ0n) is 27.7. The highest BCUT2D eigenvalue weighted by Gasteiger charge is 2.24. The first-order valence-electron chi connectivity index (χ1n) is 16.7. The SMILES string of the molecule is C=CC(=O)N1CCC(CC(=O)Nc2cc3c(Nc4ccc(OCc5cccc(F)c5)c(Cl)c4)ncnc3cc2OCCN2CCOCC2)CC1. The van der Waals surface area contributed by atoms with Gasteiger partial charge in [0.1, 0.15) is 42.7 Å². The van der Waals surface area contributed by atoms with Gasteiger partial charge in [0.05, 0.1) is 29.4 Å². The second-order valence-electron chi connectivity index (χ2n) is 12.3. The Morgan fingerprint density at radius 1 is 1.02 bits per heavy atom. The lowest BCUT2D eigenvalue weighted by Crippen LogP contribution is -2.38. The van der Waals surface area contributed by atoms with Crippen LogP contribution in [0.3, 0.4) is 0 Å². The van der Waals surface area contributed by atoms with Gasteiger partial charge in [-0.15, -0.1) is 0 Å². The van der Waals surface area contributed by atoms with Gasteiger partial charge in [-0.1, -0.05) is 30.3 Å². The second kappa shape index (κ2) is 16.8. The molecule has 0 atom stereocenters. The van der Waals surface area contributed by atoms with Gasteiger partial charge < -0.3 is 29.7 Å². The van der Waals surface area contributed by atoms with Crippen LogP contribution >= 0.6 is 11.6 Å². The fourth-order valence-electron chi connectivity index (χ4n) is 6.08. The zero-order chi connectivity index (χ0) is 34.9. The summed E-state index contributed by atoms with van der Waals surface area (Å²) in [5.41, 5.74) is 2.49. The van der Waals surface area contributed by atoms with Crippen LogP contribution in [0.15, 0.2) is 73.6 Å². The Kier molecular flexibility index (Phi) is 11.7.